The summed E-state index contributed by atoms with van der Waals surface area (Å²) in [6.07, 6.45) is 1.93. The van der Waals surface area contributed by atoms with Crippen LogP contribution in [0.25, 0.3) is 0 Å². The standard InChI is InChI=1S/C11H12ClN3O3/c12-8-3-4-10(15(17)18)9(7-8)13-11(16)14-5-1-2-6-14/h3-4,7H,1-2,5-6H2,(H,13,16). The molecule has 0 saturated carbocycles. The smallest absolute Gasteiger partial charge is 0.322 e. The van der Waals surface area contributed by atoms with Crippen LogP contribution in [-0.2, 0) is 0 Å². The molecule has 0 aromatic heterocycles. The number of halogens is 1. The van der Waals surface area contributed by atoms with Gasteiger partial charge in [-0.05, 0) is 25.0 Å². The largest absolute Gasteiger partial charge is 0.325 e. The molecule has 18 heavy (non-hydrogen) atoms. The number of hydrogen-bond donors (Lipinski definition) is 1. The van der Waals surface area contributed by atoms with E-state index >= 15 is 0 Å². The second-order valence-electron chi connectivity index (χ2n) is 4.04. The van der Waals surface area contributed by atoms with Crippen molar-refractivity contribution in [3.63, 3.8) is 0 Å². The van der Waals surface area contributed by atoms with Crippen LogP contribution in [0, 0.1) is 10.1 Å². The van der Waals surface area contributed by atoms with Crippen molar-refractivity contribution in [2.75, 3.05) is 18.4 Å². The number of anilines is 1. The molecule has 6 nitrogen and oxygen atoms in total. The minimum atomic E-state index is -0.546. The van der Waals surface area contributed by atoms with Crippen molar-refractivity contribution in [3.05, 3.63) is 33.3 Å². The van der Waals surface area contributed by atoms with E-state index in [4.69, 9.17) is 11.6 Å². The van der Waals surface area contributed by atoms with Crippen LogP contribution >= 0.6 is 11.6 Å². The topological polar surface area (TPSA) is 75.5 Å². The van der Waals surface area contributed by atoms with Crippen LogP contribution in [0.1, 0.15) is 12.8 Å². The van der Waals surface area contributed by atoms with Gasteiger partial charge in [-0.2, -0.15) is 0 Å². The Bertz CT molecular complexity index is 486. The van der Waals surface area contributed by atoms with Crippen molar-refractivity contribution in [1.29, 1.82) is 0 Å². The van der Waals surface area contributed by atoms with Crippen molar-refractivity contribution in [2.24, 2.45) is 0 Å². The van der Waals surface area contributed by atoms with Gasteiger partial charge in [0.2, 0.25) is 0 Å². The van der Waals surface area contributed by atoms with Crippen LogP contribution < -0.4 is 5.32 Å². The molecule has 1 aromatic carbocycles. The minimum Gasteiger partial charge on any atom is -0.325 e. The maximum absolute atomic E-state index is 11.8. The maximum atomic E-state index is 11.8. The summed E-state index contributed by atoms with van der Waals surface area (Å²) in [5, 5.41) is 13.7. The van der Waals surface area contributed by atoms with E-state index in [1.165, 1.54) is 18.2 Å². The van der Waals surface area contributed by atoms with Gasteiger partial charge in [0.1, 0.15) is 5.69 Å². The Hall–Kier alpha value is -1.82. The van der Waals surface area contributed by atoms with E-state index in [1.807, 2.05) is 0 Å². The Labute approximate surface area is 109 Å². The van der Waals surface area contributed by atoms with Crippen LogP contribution in [-0.4, -0.2) is 28.9 Å². The van der Waals surface area contributed by atoms with Gasteiger partial charge in [0, 0.05) is 24.2 Å². The Kier molecular flexibility index (Phi) is 3.66. The number of nitrogens with zero attached hydrogens (tertiary/aromatic N) is 2. The lowest BCUT2D eigenvalue weighted by atomic mass is 10.2. The van der Waals surface area contributed by atoms with Crippen LogP contribution in [0.15, 0.2) is 18.2 Å². The number of nitro groups is 1. The molecule has 0 atom stereocenters. The zero-order valence-electron chi connectivity index (χ0n) is 9.56. The molecule has 0 radical (unpaired) electrons. The molecule has 0 aliphatic carbocycles. The van der Waals surface area contributed by atoms with Crippen molar-refractivity contribution in [1.82, 2.24) is 4.90 Å². The third-order valence-electron chi connectivity index (χ3n) is 2.79. The highest BCUT2D eigenvalue weighted by molar-refractivity contribution is 6.31. The lowest BCUT2D eigenvalue weighted by Crippen LogP contribution is -2.32. The molecule has 1 aliphatic heterocycles. The van der Waals surface area contributed by atoms with E-state index in [0.29, 0.717) is 18.1 Å². The maximum Gasteiger partial charge on any atom is 0.322 e. The molecular weight excluding hydrogens is 258 g/mol. The normalized spacial score (nSPS) is 14.6. The molecule has 0 unspecified atom stereocenters. The third kappa shape index (κ3) is 2.70. The van der Waals surface area contributed by atoms with Gasteiger partial charge in [-0.15, -0.1) is 0 Å². The number of carbonyl (C=O) groups excluding carboxylic acids is 1. The molecule has 2 amide bonds. The summed E-state index contributed by atoms with van der Waals surface area (Å²) >= 11 is 5.78. The van der Waals surface area contributed by atoms with E-state index < -0.39 is 4.92 Å². The highest BCUT2D eigenvalue weighted by Gasteiger charge is 2.21. The summed E-state index contributed by atoms with van der Waals surface area (Å²) < 4.78 is 0. The molecule has 1 saturated heterocycles. The molecule has 1 aromatic rings. The predicted octanol–water partition coefficient (Wildman–Crippen LogP) is 2.88. The summed E-state index contributed by atoms with van der Waals surface area (Å²) in [4.78, 5) is 23.8. The Balaban J connectivity index is 2.19. The first-order chi connectivity index (χ1) is 8.58. The molecule has 96 valence electrons. The molecule has 0 bridgehead atoms. The summed E-state index contributed by atoms with van der Waals surface area (Å²) in [5.41, 5.74) is -0.0312. The quantitative estimate of drug-likeness (QED) is 0.662. The fraction of sp³-hybridized carbons (Fsp3) is 0.364. The average molecular weight is 270 g/mol. The van der Waals surface area contributed by atoms with E-state index in [9.17, 15) is 14.9 Å². The zero-order valence-corrected chi connectivity index (χ0v) is 10.3. The highest BCUT2D eigenvalue weighted by atomic mass is 35.5. The van der Waals surface area contributed by atoms with Crippen molar-refractivity contribution in [2.45, 2.75) is 12.8 Å². The number of likely N-dealkylation sites (tertiary alicyclic amines) is 1. The Morgan fingerprint density at radius 3 is 2.67 bits per heavy atom. The Morgan fingerprint density at radius 1 is 1.39 bits per heavy atom. The highest BCUT2D eigenvalue weighted by Crippen LogP contribution is 2.28. The van der Waals surface area contributed by atoms with Crippen LogP contribution in [0.3, 0.4) is 0 Å². The number of amides is 2. The Morgan fingerprint density at radius 2 is 2.06 bits per heavy atom. The SMILES string of the molecule is O=C(Nc1cc(Cl)ccc1[N+](=O)[O-])N1CCCC1. The molecule has 1 N–H and O–H groups in total. The first-order valence-corrected chi connectivity index (χ1v) is 5.95. The van der Waals surface area contributed by atoms with Crippen LogP contribution in [0.2, 0.25) is 5.02 Å². The number of urea groups is 1. The molecule has 0 spiro atoms. The summed E-state index contributed by atoms with van der Waals surface area (Å²) in [6, 6.07) is 3.76. The fourth-order valence-corrected chi connectivity index (χ4v) is 2.05. The molecule has 1 aliphatic rings. The lowest BCUT2D eigenvalue weighted by molar-refractivity contribution is -0.383. The number of nitro benzene ring substituents is 1. The molecule has 2 rings (SSSR count). The minimum absolute atomic E-state index is 0.129. The average Bonchev–Trinajstić information content (AvgIpc) is 2.81. The van der Waals surface area contributed by atoms with E-state index in [-0.39, 0.29) is 17.4 Å². The van der Waals surface area contributed by atoms with Gasteiger partial charge < -0.3 is 10.2 Å². The zero-order chi connectivity index (χ0) is 13.1. The van der Waals surface area contributed by atoms with Gasteiger partial charge >= 0.3 is 6.03 Å². The van der Waals surface area contributed by atoms with Crippen LogP contribution in [0.4, 0.5) is 16.2 Å². The van der Waals surface area contributed by atoms with Gasteiger partial charge in [0.25, 0.3) is 5.69 Å². The van der Waals surface area contributed by atoms with Crippen molar-refractivity contribution < 1.29 is 9.72 Å². The first-order valence-electron chi connectivity index (χ1n) is 5.58. The number of carbonyl (C=O) groups is 1. The number of hydrogen-bond acceptors (Lipinski definition) is 3. The summed E-state index contributed by atoms with van der Waals surface area (Å²) in [6.45, 7) is 1.36. The van der Waals surface area contributed by atoms with Gasteiger partial charge in [0.05, 0.1) is 4.92 Å². The van der Waals surface area contributed by atoms with E-state index in [1.54, 1.807) is 4.90 Å². The van der Waals surface area contributed by atoms with Crippen LogP contribution in [0.5, 0.6) is 0 Å². The lowest BCUT2D eigenvalue weighted by Gasteiger charge is -2.16. The number of rotatable bonds is 2. The number of benzene rings is 1. The molecule has 1 heterocycles. The second-order valence-corrected chi connectivity index (χ2v) is 4.48. The fourth-order valence-electron chi connectivity index (χ4n) is 1.88. The van der Waals surface area contributed by atoms with E-state index in [2.05, 4.69) is 5.32 Å². The monoisotopic (exact) mass is 269 g/mol. The predicted molar refractivity (Wildman–Crippen MR) is 67.9 cm³/mol. The molecule has 7 heteroatoms. The van der Waals surface area contributed by atoms with Crippen molar-refractivity contribution in [3.8, 4) is 0 Å². The summed E-state index contributed by atoms with van der Waals surface area (Å²) in [7, 11) is 0. The molecular formula is C11H12ClN3O3. The van der Waals surface area contributed by atoms with E-state index in [0.717, 1.165) is 12.8 Å². The number of nitrogens with one attached hydrogen (secondary N) is 1. The second kappa shape index (κ2) is 5.22. The van der Waals surface area contributed by atoms with Gasteiger partial charge in [-0.1, -0.05) is 11.6 Å². The van der Waals surface area contributed by atoms with Gasteiger partial charge in [-0.3, -0.25) is 10.1 Å². The van der Waals surface area contributed by atoms with Gasteiger partial charge in [0.15, 0.2) is 0 Å². The first kappa shape index (κ1) is 12.6. The van der Waals surface area contributed by atoms with Crippen molar-refractivity contribution >= 4 is 29.0 Å². The summed E-state index contributed by atoms with van der Waals surface area (Å²) in [5.74, 6) is 0. The molecule has 1 fully saturated rings. The van der Waals surface area contributed by atoms with Gasteiger partial charge in [-0.25, -0.2) is 4.79 Å². The third-order valence-corrected chi connectivity index (χ3v) is 3.03.